The number of benzene rings is 2. The largest absolute Gasteiger partial charge is 0.497 e. The number of nitrogens with one attached hydrogen (secondary N) is 1. The number of aryl methyl sites for hydroxylation is 2. The van der Waals surface area contributed by atoms with Crippen LogP contribution in [0.3, 0.4) is 0 Å². The maximum atomic E-state index is 14.6. The van der Waals surface area contributed by atoms with Crippen molar-refractivity contribution in [2.75, 3.05) is 26.8 Å². The molecule has 1 N–H and O–H groups in total. The van der Waals surface area contributed by atoms with E-state index in [1.807, 2.05) is 0 Å². The van der Waals surface area contributed by atoms with Gasteiger partial charge >= 0.3 is 5.97 Å². The third-order valence-electron chi connectivity index (χ3n) is 5.93. The molecule has 0 amide bonds. The molecule has 3 aromatic rings. The van der Waals surface area contributed by atoms with Crippen LogP contribution >= 0.6 is 0 Å². The molecule has 2 aromatic carbocycles. The van der Waals surface area contributed by atoms with E-state index >= 15 is 0 Å². The van der Waals surface area contributed by atoms with Gasteiger partial charge in [-0.15, -0.1) is 0 Å². The van der Waals surface area contributed by atoms with Crippen LogP contribution in [0.25, 0.3) is 10.9 Å². The van der Waals surface area contributed by atoms with Gasteiger partial charge in [-0.2, -0.15) is 0 Å². The molecule has 35 heavy (non-hydrogen) atoms. The lowest BCUT2D eigenvalue weighted by Crippen LogP contribution is -2.31. The summed E-state index contributed by atoms with van der Waals surface area (Å²) in [5.74, 6) is -1.36. The Hall–Kier alpha value is -3.13. The summed E-state index contributed by atoms with van der Waals surface area (Å²) in [6.45, 7) is 2.95. The molecule has 0 saturated carbocycles. The van der Waals surface area contributed by atoms with Gasteiger partial charge in [0.25, 0.3) is 0 Å². The number of pyridine rings is 1. The van der Waals surface area contributed by atoms with Crippen molar-refractivity contribution in [2.45, 2.75) is 39.0 Å². The van der Waals surface area contributed by atoms with E-state index in [0.29, 0.717) is 73.0 Å². The van der Waals surface area contributed by atoms with Gasteiger partial charge in [-0.3, -0.25) is 9.78 Å². The predicted octanol–water partition coefficient (Wildman–Crippen LogP) is 5.39. The molecule has 0 spiro atoms. The van der Waals surface area contributed by atoms with Crippen LogP contribution in [0.2, 0.25) is 0 Å². The molecular weight excluding hydrogens is 457 g/mol. The van der Waals surface area contributed by atoms with Crippen molar-refractivity contribution < 1.29 is 27.4 Å². The Morgan fingerprint density at radius 1 is 1.06 bits per heavy atom. The molecule has 188 valence electrons. The number of halogens is 3. The second-order valence-corrected chi connectivity index (χ2v) is 8.35. The third-order valence-corrected chi connectivity index (χ3v) is 5.93. The number of hydrogen-bond donors (Lipinski definition) is 1. The second-order valence-electron chi connectivity index (χ2n) is 8.35. The Kier molecular flexibility index (Phi) is 9.90. The zero-order chi connectivity index (χ0) is 25.2. The summed E-state index contributed by atoms with van der Waals surface area (Å²) < 4.78 is 52.1. The number of ether oxygens (including phenoxy) is 2. The number of carbonyl (C=O) groups excluding carboxylic acids is 1. The fraction of sp³-hybridized carbons (Fsp3) is 0.407. The monoisotopic (exact) mass is 488 g/mol. The molecule has 0 aliphatic heterocycles. The van der Waals surface area contributed by atoms with Crippen LogP contribution in [-0.2, 0) is 22.4 Å². The summed E-state index contributed by atoms with van der Waals surface area (Å²) in [6.07, 6.45) is 3.72. The van der Waals surface area contributed by atoms with Gasteiger partial charge in [-0.25, -0.2) is 13.2 Å². The number of rotatable bonds is 13. The van der Waals surface area contributed by atoms with E-state index in [0.717, 1.165) is 12.1 Å². The van der Waals surface area contributed by atoms with Crippen molar-refractivity contribution in [1.29, 1.82) is 0 Å². The van der Waals surface area contributed by atoms with Crippen LogP contribution in [-0.4, -0.2) is 37.8 Å². The van der Waals surface area contributed by atoms with E-state index in [2.05, 4.69) is 10.3 Å². The van der Waals surface area contributed by atoms with Gasteiger partial charge in [0.15, 0.2) is 0 Å². The second kappa shape index (κ2) is 13.1. The number of esters is 1. The fourth-order valence-electron chi connectivity index (χ4n) is 4.09. The number of fused-ring (bicyclic) bond motifs is 1. The van der Waals surface area contributed by atoms with Crippen molar-refractivity contribution in [1.82, 2.24) is 10.3 Å². The van der Waals surface area contributed by atoms with Gasteiger partial charge < -0.3 is 14.8 Å². The lowest BCUT2D eigenvalue weighted by Gasteiger charge is -2.17. The summed E-state index contributed by atoms with van der Waals surface area (Å²) in [5.41, 5.74) is 1.55. The smallest absolute Gasteiger partial charge is 0.310 e. The van der Waals surface area contributed by atoms with Gasteiger partial charge in [0.05, 0.1) is 31.3 Å². The Bertz CT molecular complexity index is 1140. The highest BCUT2D eigenvalue weighted by molar-refractivity contribution is 5.83. The van der Waals surface area contributed by atoms with E-state index in [1.54, 1.807) is 32.2 Å². The van der Waals surface area contributed by atoms with Crippen molar-refractivity contribution in [3.05, 3.63) is 71.2 Å². The van der Waals surface area contributed by atoms with Crippen LogP contribution in [0, 0.1) is 23.4 Å². The first kappa shape index (κ1) is 26.5. The van der Waals surface area contributed by atoms with Crippen LogP contribution in [0.15, 0.2) is 42.6 Å². The van der Waals surface area contributed by atoms with E-state index in [4.69, 9.17) is 9.47 Å². The topological polar surface area (TPSA) is 60.5 Å². The van der Waals surface area contributed by atoms with Crippen LogP contribution in [0.5, 0.6) is 5.75 Å². The van der Waals surface area contributed by atoms with Crippen molar-refractivity contribution in [3.8, 4) is 5.75 Å². The van der Waals surface area contributed by atoms with Gasteiger partial charge in [0, 0.05) is 11.9 Å². The van der Waals surface area contributed by atoms with E-state index in [-0.39, 0.29) is 18.4 Å². The number of aromatic nitrogens is 1. The van der Waals surface area contributed by atoms with E-state index in [1.165, 1.54) is 12.3 Å². The first-order valence-electron chi connectivity index (χ1n) is 11.8. The minimum Gasteiger partial charge on any atom is -0.497 e. The van der Waals surface area contributed by atoms with Gasteiger partial charge in [-0.1, -0.05) is 0 Å². The molecule has 1 aromatic heterocycles. The van der Waals surface area contributed by atoms with Crippen LogP contribution < -0.4 is 10.1 Å². The Labute approximate surface area is 203 Å². The zero-order valence-corrected chi connectivity index (χ0v) is 20.1. The first-order chi connectivity index (χ1) is 16.9. The number of carbonyl (C=O) groups is 1. The summed E-state index contributed by atoms with van der Waals surface area (Å²) in [4.78, 5) is 16.6. The lowest BCUT2D eigenvalue weighted by molar-refractivity contribution is -0.148. The maximum Gasteiger partial charge on any atom is 0.310 e. The molecule has 5 nitrogen and oxygen atoms in total. The predicted molar refractivity (Wildman–Crippen MR) is 129 cm³/mol. The lowest BCUT2D eigenvalue weighted by atomic mass is 9.97. The molecule has 8 heteroatoms. The minimum atomic E-state index is -0.464. The molecule has 3 rings (SSSR count). The molecule has 0 bridgehead atoms. The summed E-state index contributed by atoms with van der Waals surface area (Å²) in [7, 11) is 1.55. The zero-order valence-electron chi connectivity index (χ0n) is 20.1. The van der Waals surface area contributed by atoms with Crippen molar-refractivity contribution >= 4 is 16.9 Å². The van der Waals surface area contributed by atoms with Crippen molar-refractivity contribution in [3.63, 3.8) is 0 Å². The Balaban J connectivity index is 1.55. The Morgan fingerprint density at radius 2 is 1.89 bits per heavy atom. The van der Waals surface area contributed by atoms with E-state index in [9.17, 15) is 18.0 Å². The highest BCUT2D eigenvalue weighted by atomic mass is 19.1. The summed E-state index contributed by atoms with van der Waals surface area (Å²) >= 11 is 0. The molecule has 0 radical (unpaired) electrons. The standard InChI is InChI=1S/C27H31F3N2O3/c1-3-35-27(33)19(16-31-13-5-7-18-14-20(28)9-11-24(18)29)6-4-8-22-23-15-21(34-2)10-12-26(23)32-17-25(22)30/h9-12,14-15,17,19,31H,3-8,13,16H2,1-2H3. The molecule has 0 aliphatic carbocycles. The van der Waals surface area contributed by atoms with Gasteiger partial charge in [0.1, 0.15) is 23.2 Å². The normalized spacial score (nSPS) is 12.0. The quantitative estimate of drug-likeness (QED) is 0.258. The average Bonchev–Trinajstić information content (AvgIpc) is 2.85. The van der Waals surface area contributed by atoms with Crippen LogP contribution in [0.4, 0.5) is 13.2 Å². The van der Waals surface area contributed by atoms with Gasteiger partial charge in [0.2, 0.25) is 0 Å². The molecule has 1 heterocycles. The van der Waals surface area contributed by atoms with Crippen molar-refractivity contribution in [2.24, 2.45) is 5.92 Å². The molecule has 1 unspecified atom stereocenters. The molecule has 0 fully saturated rings. The maximum absolute atomic E-state index is 14.6. The van der Waals surface area contributed by atoms with E-state index < -0.39 is 17.6 Å². The highest BCUT2D eigenvalue weighted by Gasteiger charge is 2.20. The molecule has 1 atom stereocenters. The number of nitrogens with zero attached hydrogens (tertiary/aromatic N) is 1. The fourth-order valence-corrected chi connectivity index (χ4v) is 4.09. The Morgan fingerprint density at radius 3 is 2.66 bits per heavy atom. The summed E-state index contributed by atoms with van der Waals surface area (Å²) in [5, 5.41) is 3.91. The SMILES string of the molecule is CCOC(=O)C(CCCc1c(F)cnc2ccc(OC)cc12)CNCCCc1cc(F)ccc1F. The average molecular weight is 489 g/mol. The summed E-state index contributed by atoms with van der Waals surface area (Å²) in [6, 6.07) is 8.76. The molecule has 0 aliphatic rings. The number of hydrogen-bond acceptors (Lipinski definition) is 5. The third kappa shape index (κ3) is 7.42. The van der Waals surface area contributed by atoms with Gasteiger partial charge in [-0.05, 0) is 93.1 Å². The van der Waals surface area contributed by atoms with Crippen LogP contribution in [0.1, 0.15) is 37.3 Å². The number of methoxy groups -OCH3 is 1. The minimum absolute atomic E-state index is 0.275. The first-order valence-corrected chi connectivity index (χ1v) is 11.8. The molecular formula is C27H31F3N2O3. The molecule has 0 saturated heterocycles. The highest BCUT2D eigenvalue weighted by Crippen LogP contribution is 2.26.